The first kappa shape index (κ1) is 22.9. The molecule has 0 aliphatic heterocycles. The van der Waals surface area contributed by atoms with Gasteiger partial charge in [-0.15, -0.1) is 0 Å². The maximum Gasteiger partial charge on any atom is 0.168 e. The van der Waals surface area contributed by atoms with Crippen molar-refractivity contribution < 1.29 is 13.9 Å². The molecule has 2 heterocycles. The van der Waals surface area contributed by atoms with E-state index in [1.54, 1.807) is 7.11 Å². The number of hydrogen-bond donors (Lipinski definition) is 0. The monoisotopic (exact) mass is 491 g/mol. The van der Waals surface area contributed by atoms with Gasteiger partial charge < -0.3 is 13.9 Å². The zero-order valence-electron chi connectivity index (χ0n) is 18.5. The third-order valence-corrected chi connectivity index (χ3v) is 6.78. The molecule has 0 aliphatic carbocycles. The van der Waals surface area contributed by atoms with E-state index < -0.39 is 15.4 Å². The summed E-state index contributed by atoms with van der Waals surface area (Å²) in [5.41, 5.74) is 1.37. The fourth-order valence-electron chi connectivity index (χ4n) is 2.95. The normalized spacial score (nSPS) is 12.9. The van der Waals surface area contributed by atoms with Gasteiger partial charge in [-0.1, -0.05) is 42.8 Å². The lowest BCUT2D eigenvalue weighted by Crippen LogP contribution is -2.28. The molecule has 2 aromatic heterocycles. The molecule has 0 N–H and O–H groups in total. The Morgan fingerprint density at radius 3 is 2.57 bits per heavy atom. The zero-order valence-corrected chi connectivity index (χ0v) is 21.5. The van der Waals surface area contributed by atoms with Gasteiger partial charge in [-0.2, -0.15) is 5.10 Å². The number of fused-ring (bicyclic) bond motifs is 1. The number of nitrogens with zero attached hydrogens (tertiary/aromatic N) is 3. The molecule has 6 nitrogen and oxygen atoms in total. The number of methoxy groups -OCH3 is 1. The van der Waals surface area contributed by atoms with E-state index in [2.05, 4.69) is 55.6 Å². The van der Waals surface area contributed by atoms with Gasteiger partial charge in [-0.3, -0.25) is 0 Å². The Hall–Kier alpha value is -1.74. The predicted octanol–water partition coefficient (Wildman–Crippen LogP) is 4.76. The van der Waals surface area contributed by atoms with E-state index in [9.17, 15) is 0 Å². The molecule has 0 radical (unpaired) electrons. The quantitative estimate of drug-likeness (QED) is 0.335. The molecule has 0 saturated heterocycles. The van der Waals surface area contributed by atoms with Crippen molar-refractivity contribution in [2.45, 2.75) is 45.3 Å². The zero-order chi connectivity index (χ0) is 21.9. The topological polar surface area (TPSA) is 58.4 Å². The summed E-state index contributed by atoms with van der Waals surface area (Å²) < 4.78 is 20.1. The van der Waals surface area contributed by atoms with Gasteiger partial charge in [0.25, 0.3) is 0 Å². The van der Waals surface area contributed by atoms with Crippen LogP contribution in [0.1, 0.15) is 40.3 Å². The molecule has 0 bridgehead atoms. The maximum absolute atomic E-state index is 6.34. The fourth-order valence-corrected chi connectivity index (χ4v) is 4.31. The third kappa shape index (κ3) is 5.49. The highest BCUT2D eigenvalue weighted by atomic mass is 79.9. The first-order valence-electron chi connectivity index (χ1n) is 10.0. The summed E-state index contributed by atoms with van der Waals surface area (Å²) in [4.78, 5) is 4.89. The number of ether oxygens (including phenoxy) is 2. The first-order chi connectivity index (χ1) is 14.1. The molecule has 0 fully saturated rings. The number of halogens is 1. The minimum atomic E-state index is -0.713. The lowest BCUT2D eigenvalue weighted by atomic mass is 10.1. The van der Waals surface area contributed by atoms with Crippen molar-refractivity contribution >= 4 is 36.6 Å². The Morgan fingerprint density at radius 2 is 1.87 bits per heavy atom. The van der Waals surface area contributed by atoms with E-state index in [1.165, 1.54) is 0 Å². The van der Waals surface area contributed by atoms with Gasteiger partial charge >= 0.3 is 0 Å². The molecule has 0 aliphatic rings. The highest BCUT2D eigenvalue weighted by Crippen LogP contribution is 2.32. The Balaban J connectivity index is 1.96. The van der Waals surface area contributed by atoms with Crippen LogP contribution in [0, 0.1) is 0 Å². The number of aromatic nitrogens is 3. The van der Waals surface area contributed by atoms with Crippen LogP contribution in [0.4, 0.5) is 0 Å². The van der Waals surface area contributed by atoms with Gasteiger partial charge in [0.05, 0.1) is 35.0 Å². The molecule has 0 saturated carbocycles. The lowest BCUT2D eigenvalue weighted by molar-refractivity contribution is 0.104. The molecule has 0 amide bonds. The minimum absolute atomic E-state index is 0.221. The maximum atomic E-state index is 6.34. The van der Waals surface area contributed by atoms with Crippen LogP contribution in [0.5, 0.6) is 5.75 Å². The van der Waals surface area contributed by atoms with Crippen LogP contribution >= 0.6 is 15.9 Å². The second-order valence-electron chi connectivity index (χ2n) is 8.98. The number of benzene rings is 1. The lowest BCUT2D eigenvalue weighted by Gasteiger charge is -2.29. The van der Waals surface area contributed by atoms with Gasteiger partial charge in [0.1, 0.15) is 12.4 Å². The molecule has 8 heteroatoms. The summed E-state index contributed by atoms with van der Waals surface area (Å²) >= 11 is 3.58. The van der Waals surface area contributed by atoms with Crippen molar-refractivity contribution in [1.29, 1.82) is 0 Å². The second kappa shape index (κ2) is 9.17. The molecule has 30 heavy (non-hydrogen) atoms. The standard InChI is InChI=1S/C22H30BrN3O3Si/c1-21(2,3)30-29-22(4,5)19-8-7-9-20(25-19)26-17-12-15(23)13-18(16(17)14-24-26)28-11-10-27-6/h7-9,12-14H,10-11,30H2,1-6H3. The molecule has 162 valence electrons. The van der Waals surface area contributed by atoms with Crippen LogP contribution < -0.4 is 4.74 Å². The molecule has 3 aromatic rings. The molecule has 0 unspecified atom stereocenters. The highest BCUT2D eigenvalue weighted by Gasteiger charge is 2.26. The minimum Gasteiger partial charge on any atom is -0.490 e. The van der Waals surface area contributed by atoms with E-state index in [-0.39, 0.29) is 5.04 Å². The SMILES string of the molecule is COCCOc1cc(Br)cc2c1cnn2-c1cccc(C(C)(C)O[SiH2]C(C)(C)C)n1. The second-order valence-corrected chi connectivity index (χ2v) is 12.6. The predicted molar refractivity (Wildman–Crippen MR) is 126 cm³/mol. The van der Waals surface area contributed by atoms with Crippen molar-refractivity contribution in [2.24, 2.45) is 0 Å². The van der Waals surface area contributed by atoms with Gasteiger partial charge in [-0.05, 0) is 43.2 Å². The van der Waals surface area contributed by atoms with Crippen LogP contribution in [0.3, 0.4) is 0 Å². The van der Waals surface area contributed by atoms with E-state index in [4.69, 9.17) is 18.9 Å². The number of pyridine rings is 1. The van der Waals surface area contributed by atoms with Crippen LogP contribution in [-0.2, 0) is 14.8 Å². The summed E-state index contributed by atoms with van der Waals surface area (Å²) in [6.45, 7) is 11.8. The van der Waals surface area contributed by atoms with Crippen LogP contribution in [-0.4, -0.2) is 44.9 Å². The summed E-state index contributed by atoms with van der Waals surface area (Å²) in [6, 6.07) is 9.94. The van der Waals surface area contributed by atoms with Crippen molar-refractivity contribution in [2.75, 3.05) is 20.3 Å². The van der Waals surface area contributed by atoms with E-state index >= 15 is 0 Å². The third-order valence-electron chi connectivity index (χ3n) is 4.59. The van der Waals surface area contributed by atoms with Gasteiger partial charge in [0.15, 0.2) is 15.6 Å². The first-order valence-corrected chi connectivity index (χ1v) is 12.1. The molecular formula is C22H30BrN3O3Si. The smallest absolute Gasteiger partial charge is 0.168 e. The van der Waals surface area contributed by atoms with Gasteiger partial charge in [0, 0.05) is 11.6 Å². The Labute approximate surface area is 189 Å². The summed E-state index contributed by atoms with van der Waals surface area (Å²) in [7, 11) is 0.945. The van der Waals surface area contributed by atoms with E-state index in [1.807, 2.05) is 41.2 Å². The fraction of sp³-hybridized carbons (Fsp3) is 0.455. The Kier molecular flexibility index (Phi) is 7.01. The average molecular weight is 492 g/mol. The van der Waals surface area contributed by atoms with Crippen molar-refractivity contribution in [3.63, 3.8) is 0 Å². The van der Waals surface area contributed by atoms with E-state index in [0.717, 1.165) is 32.6 Å². The largest absolute Gasteiger partial charge is 0.490 e. The molecule has 0 atom stereocenters. The van der Waals surface area contributed by atoms with Crippen LogP contribution in [0.15, 0.2) is 41.0 Å². The summed E-state index contributed by atoms with van der Waals surface area (Å²) in [6.07, 6.45) is 1.81. The highest BCUT2D eigenvalue weighted by molar-refractivity contribution is 9.10. The van der Waals surface area contributed by atoms with Crippen LogP contribution in [0.2, 0.25) is 5.04 Å². The molecule has 3 rings (SSSR count). The Bertz CT molecular complexity index is 1010. The van der Waals surface area contributed by atoms with Crippen molar-refractivity contribution in [3.05, 3.63) is 46.7 Å². The summed E-state index contributed by atoms with van der Waals surface area (Å²) in [5, 5.41) is 5.74. The Morgan fingerprint density at radius 1 is 1.10 bits per heavy atom. The molecular weight excluding hydrogens is 462 g/mol. The molecule has 1 aromatic carbocycles. The van der Waals surface area contributed by atoms with Gasteiger partial charge in [0.2, 0.25) is 0 Å². The summed E-state index contributed by atoms with van der Waals surface area (Å²) in [5.74, 6) is 1.51. The molecule has 0 spiro atoms. The van der Waals surface area contributed by atoms with Gasteiger partial charge in [-0.25, -0.2) is 9.67 Å². The van der Waals surface area contributed by atoms with Crippen molar-refractivity contribution in [3.8, 4) is 11.6 Å². The average Bonchev–Trinajstić information content (AvgIpc) is 3.10. The van der Waals surface area contributed by atoms with E-state index in [0.29, 0.717) is 13.2 Å². The van der Waals surface area contributed by atoms with Crippen molar-refractivity contribution in [1.82, 2.24) is 14.8 Å². The van der Waals surface area contributed by atoms with Crippen LogP contribution in [0.25, 0.3) is 16.7 Å². The number of hydrogen-bond acceptors (Lipinski definition) is 5. The number of rotatable bonds is 8.